The fraction of sp³-hybridized carbons (Fsp3) is 0.417. The zero-order chi connectivity index (χ0) is 21.6. The number of aryl methyl sites for hydroxylation is 1. The van der Waals surface area contributed by atoms with Gasteiger partial charge in [-0.25, -0.2) is 9.59 Å². The molecule has 154 valence electrons. The van der Waals surface area contributed by atoms with Gasteiger partial charge in [0.1, 0.15) is 17.1 Å². The smallest absolute Gasteiger partial charge is 0.343 e. The maximum absolute atomic E-state index is 12.7. The van der Waals surface area contributed by atoms with Crippen molar-refractivity contribution in [2.24, 2.45) is 0 Å². The quantitative estimate of drug-likeness (QED) is 0.530. The lowest BCUT2D eigenvalue weighted by Crippen LogP contribution is -2.42. The summed E-state index contributed by atoms with van der Waals surface area (Å²) in [7, 11) is 1.32. The topological polar surface area (TPSA) is 61.8 Å². The summed E-state index contributed by atoms with van der Waals surface area (Å²) in [5, 5.41) is 0. The molecule has 0 spiro atoms. The third-order valence-electron chi connectivity index (χ3n) is 5.33. The lowest BCUT2D eigenvalue weighted by molar-refractivity contribution is 0.0522. The average Bonchev–Trinajstić information content (AvgIpc) is 2.61. The Kier molecular flexibility index (Phi) is 5.20. The molecule has 0 amide bonds. The zero-order valence-corrected chi connectivity index (χ0v) is 18.1. The SMILES string of the molecule is COC(=O)c1ccc(C(=O)Oc2c(C)cc3c(c2C)C(C)(C)CC(C)(C)O3)cc1. The first-order chi connectivity index (χ1) is 13.4. The molecule has 3 rings (SSSR count). The van der Waals surface area contributed by atoms with Gasteiger partial charge in [-0.2, -0.15) is 0 Å². The van der Waals surface area contributed by atoms with Crippen LogP contribution in [0.5, 0.6) is 11.5 Å². The molecule has 5 heteroatoms. The van der Waals surface area contributed by atoms with Crippen molar-refractivity contribution in [3.63, 3.8) is 0 Å². The van der Waals surface area contributed by atoms with Crippen LogP contribution in [0.15, 0.2) is 30.3 Å². The van der Waals surface area contributed by atoms with Crippen LogP contribution in [0.25, 0.3) is 0 Å². The number of hydrogen-bond donors (Lipinski definition) is 0. The summed E-state index contributed by atoms with van der Waals surface area (Å²) in [6.45, 7) is 12.4. The van der Waals surface area contributed by atoms with Gasteiger partial charge in [0.15, 0.2) is 0 Å². The molecule has 0 N–H and O–H groups in total. The Balaban J connectivity index is 1.94. The van der Waals surface area contributed by atoms with E-state index >= 15 is 0 Å². The van der Waals surface area contributed by atoms with E-state index < -0.39 is 11.9 Å². The zero-order valence-electron chi connectivity index (χ0n) is 18.1. The normalized spacial score (nSPS) is 16.4. The highest BCUT2D eigenvalue weighted by Gasteiger charge is 2.41. The number of methoxy groups -OCH3 is 1. The molecule has 0 aliphatic carbocycles. The van der Waals surface area contributed by atoms with Crippen molar-refractivity contribution in [3.05, 3.63) is 58.1 Å². The molecule has 29 heavy (non-hydrogen) atoms. The number of ether oxygens (including phenoxy) is 3. The Morgan fingerprint density at radius 3 is 2.07 bits per heavy atom. The summed E-state index contributed by atoms with van der Waals surface area (Å²) in [6.07, 6.45) is 0.860. The molecular formula is C24H28O5. The van der Waals surface area contributed by atoms with Crippen LogP contribution >= 0.6 is 0 Å². The minimum atomic E-state index is -0.470. The van der Waals surface area contributed by atoms with Gasteiger partial charge in [0.05, 0.1) is 18.2 Å². The second-order valence-corrected chi connectivity index (χ2v) is 8.90. The lowest BCUT2D eigenvalue weighted by atomic mass is 9.72. The standard InChI is InChI=1S/C24H28O5/c1-14-12-18-19(23(3,4)13-24(5,6)29-18)15(2)20(14)28-22(26)17-10-8-16(9-11-17)21(25)27-7/h8-12H,13H2,1-7H3. The fourth-order valence-electron chi connectivity index (χ4n) is 4.51. The van der Waals surface area contributed by atoms with Gasteiger partial charge in [-0.1, -0.05) is 13.8 Å². The van der Waals surface area contributed by atoms with Crippen LogP contribution in [-0.4, -0.2) is 24.6 Å². The third-order valence-corrected chi connectivity index (χ3v) is 5.33. The molecule has 0 radical (unpaired) electrons. The molecule has 0 aromatic heterocycles. The van der Waals surface area contributed by atoms with Crippen molar-refractivity contribution in [2.45, 2.75) is 59.0 Å². The third kappa shape index (κ3) is 4.00. The summed E-state index contributed by atoms with van der Waals surface area (Å²) in [4.78, 5) is 24.3. The van der Waals surface area contributed by atoms with Crippen molar-refractivity contribution >= 4 is 11.9 Å². The molecule has 1 heterocycles. The van der Waals surface area contributed by atoms with E-state index in [1.165, 1.54) is 7.11 Å². The van der Waals surface area contributed by atoms with Crippen molar-refractivity contribution in [2.75, 3.05) is 7.11 Å². The van der Waals surface area contributed by atoms with Gasteiger partial charge in [-0.15, -0.1) is 0 Å². The van der Waals surface area contributed by atoms with E-state index in [4.69, 9.17) is 9.47 Å². The first-order valence-electron chi connectivity index (χ1n) is 9.69. The molecule has 2 aromatic carbocycles. The molecule has 0 atom stereocenters. The lowest BCUT2D eigenvalue weighted by Gasteiger charge is -2.43. The molecule has 0 bridgehead atoms. The minimum absolute atomic E-state index is 0.113. The molecule has 0 saturated carbocycles. The van der Waals surface area contributed by atoms with Crippen LogP contribution in [0.3, 0.4) is 0 Å². The van der Waals surface area contributed by atoms with E-state index in [0.717, 1.165) is 28.9 Å². The average molecular weight is 396 g/mol. The first kappa shape index (κ1) is 20.9. The van der Waals surface area contributed by atoms with E-state index in [1.807, 2.05) is 19.9 Å². The van der Waals surface area contributed by atoms with Crippen molar-refractivity contribution in [3.8, 4) is 11.5 Å². The number of carbonyl (C=O) groups is 2. The van der Waals surface area contributed by atoms with E-state index in [9.17, 15) is 9.59 Å². The van der Waals surface area contributed by atoms with Crippen molar-refractivity contribution in [1.29, 1.82) is 0 Å². The second kappa shape index (κ2) is 7.21. The summed E-state index contributed by atoms with van der Waals surface area (Å²) >= 11 is 0. The number of benzene rings is 2. The van der Waals surface area contributed by atoms with Gasteiger partial charge < -0.3 is 14.2 Å². The summed E-state index contributed by atoms with van der Waals surface area (Å²) in [6, 6.07) is 8.18. The van der Waals surface area contributed by atoms with Crippen LogP contribution in [0.2, 0.25) is 0 Å². The largest absolute Gasteiger partial charge is 0.488 e. The van der Waals surface area contributed by atoms with Crippen LogP contribution in [0.4, 0.5) is 0 Å². The number of hydrogen-bond acceptors (Lipinski definition) is 5. The Hall–Kier alpha value is -2.82. The highest BCUT2D eigenvalue weighted by molar-refractivity contribution is 5.94. The van der Waals surface area contributed by atoms with Gasteiger partial charge >= 0.3 is 11.9 Å². The van der Waals surface area contributed by atoms with Gasteiger partial charge in [-0.05, 0) is 81.0 Å². The van der Waals surface area contributed by atoms with E-state index in [-0.39, 0.29) is 11.0 Å². The van der Waals surface area contributed by atoms with Gasteiger partial charge in [0.25, 0.3) is 0 Å². The molecule has 0 saturated heterocycles. The molecule has 0 unspecified atom stereocenters. The monoisotopic (exact) mass is 396 g/mol. The van der Waals surface area contributed by atoms with Crippen molar-refractivity contribution in [1.82, 2.24) is 0 Å². The summed E-state index contributed by atoms with van der Waals surface area (Å²) in [5.74, 6) is 0.490. The molecule has 0 fully saturated rings. The predicted octanol–water partition coefficient (Wildman–Crippen LogP) is 5.15. The number of esters is 2. The Morgan fingerprint density at radius 1 is 0.966 bits per heavy atom. The van der Waals surface area contributed by atoms with Gasteiger partial charge in [0.2, 0.25) is 0 Å². The maximum Gasteiger partial charge on any atom is 0.343 e. The molecular weight excluding hydrogens is 368 g/mol. The second-order valence-electron chi connectivity index (χ2n) is 8.90. The Morgan fingerprint density at radius 2 is 1.52 bits per heavy atom. The first-order valence-corrected chi connectivity index (χ1v) is 9.69. The van der Waals surface area contributed by atoms with Crippen LogP contribution in [-0.2, 0) is 10.2 Å². The van der Waals surface area contributed by atoms with Gasteiger partial charge in [-0.3, -0.25) is 0 Å². The van der Waals surface area contributed by atoms with Crippen LogP contribution in [0.1, 0.15) is 71.5 Å². The van der Waals surface area contributed by atoms with Crippen LogP contribution in [0, 0.1) is 13.8 Å². The number of fused-ring (bicyclic) bond motifs is 1. The van der Waals surface area contributed by atoms with Gasteiger partial charge in [0, 0.05) is 5.56 Å². The number of rotatable bonds is 3. The molecule has 1 aliphatic rings. The van der Waals surface area contributed by atoms with E-state index in [2.05, 4.69) is 32.4 Å². The van der Waals surface area contributed by atoms with E-state index in [1.54, 1.807) is 24.3 Å². The minimum Gasteiger partial charge on any atom is -0.488 e. The maximum atomic E-state index is 12.7. The Labute approximate surface area is 172 Å². The highest BCUT2D eigenvalue weighted by Crippen LogP contribution is 2.49. The summed E-state index contributed by atoms with van der Waals surface area (Å²) < 4.78 is 16.7. The van der Waals surface area contributed by atoms with Crippen molar-refractivity contribution < 1.29 is 23.8 Å². The molecule has 1 aliphatic heterocycles. The van der Waals surface area contributed by atoms with Crippen LogP contribution < -0.4 is 9.47 Å². The predicted molar refractivity (Wildman–Crippen MR) is 111 cm³/mol. The highest BCUT2D eigenvalue weighted by atomic mass is 16.5. The fourth-order valence-corrected chi connectivity index (χ4v) is 4.51. The molecule has 5 nitrogen and oxygen atoms in total. The summed E-state index contributed by atoms with van der Waals surface area (Å²) in [5.41, 5.74) is 3.21. The number of carbonyl (C=O) groups excluding carboxylic acids is 2. The Bertz CT molecular complexity index is 968. The molecule has 2 aromatic rings. The van der Waals surface area contributed by atoms with E-state index in [0.29, 0.717) is 16.9 Å².